The normalized spacial score (nSPS) is 32.5. The van der Waals surface area contributed by atoms with Crippen molar-refractivity contribution in [2.45, 2.75) is 70.2 Å². The van der Waals surface area contributed by atoms with Gasteiger partial charge in [-0.05, 0) is 38.5 Å². The van der Waals surface area contributed by atoms with Crippen molar-refractivity contribution in [2.75, 3.05) is 19.8 Å². The maximum absolute atomic E-state index is 6.32. The lowest BCUT2D eigenvalue weighted by Gasteiger charge is -2.32. The number of aromatic nitrogens is 1. The molecule has 0 radical (unpaired) electrons. The highest BCUT2D eigenvalue weighted by Gasteiger charge is 2.45. The van der Waals surface area contributed by atoms with Gasteiger partial charge in [0.05, 0.1) is 11.8 Å². The maximum Gasteiger partial charge on any atom is 0.133 e. The zero-order chi connectivity index (χ0) is 15.6. The first-order valence-electron chi connectivity index (χ1n) is 9.19. The first-order valence-corrected chi connectivity index (χ1v) is 9.19. The van der Waals surface area contributed by atoms with Gasteiger partial charge < -0.3 is 14.0 Å². The van der Waals surface area contributed by atoms with Gasteiger partial charge >= 0.3 is 0 Å². The first kappa shape index (κ1) is 15.6. The summed E-state index contributed by atoms with van der Waals surface area (Å²) in [6, 6.07) is 2.50. The number of fused-ring (bicyclic) bond motifs is 1. The third-order valence-electron chi connectivity index (χ3n) is 5.65. The van der Waals surface area contributed by atoms with Gasteiger partial charge in [0.25, 0.3) is 0 Å². The van der Waals surface area contributed by atoms with Gasteiger partial charge in [-0.2, -0.15) is 0 Å². The topological polar surface area (TPSA) is 47.7 Å². The van der Waals surface area contributed by atoms with Crippen LogP contribution in [0.15, 0.2) is 10.6 Å². The maximum atomic E-state index is 6.32. The summed E-state index contributed by atoms with van der Waals surface area (Å²) in [6.45, 7) is 5.52. The second-order valence-corrected chi connectivity index (χ2v) is 7.43. The number of hydrogen-bond donors (Lipinski definition) is 0. The Balaban J connectivity index is 1.39. The number of likely N-dealkylation sites (tertiary alicyclic amines) is 1. The van der Waals surface area contributed by atoms with Crippen LogP contribution in [0.3, 0.4) is 0 Å². The molecule has 1 aliphatic carbocycles. The van der Waals surface area contributed by atoms with Crippen molar-refractivity contribution in [2.24, 2.45) is 5.92 Å². The van der Waals surface area contributed by atoms with Gasteiger partial charge in [-0.3, -0.25) is 4.90 Å². The zero-order valence-electron chi connectivity index (χ0n) is 14.1. The molecule has 3 fully saturated rings. The summed E-state index contributed by atoms with van der Waals surface area (Å²) in [4.78, 5) is 2.49. The predicted molar refractivity (Wildman–Crippen MR) is 86.1 cm³/mol. The fraction of sp³-hybridized carbons (Fsp3) is 0.833. The molecule has 0 N–H and O–H groups in total. The van der Waals surface area contributed by atoms with Gasteiger partial charge in [-0.1, -0.05) is 18.0 Å². The van der Waals surface area contributed by atoms with Crippen molar-refractivity contribution < 1.29 is 14.0 Å². The molecule has 2 aliphatic heterocycles. The highest BCUT2D eigenvalue weighted by atomic mass is 16.5. The minimum absolute atomic E-state index is 0.217. The summed E-state index contributed by atoms with van der Waals surface area (Å²) in [5.74, 6) is 1.65. The summed E-state index contributed by atoms with van der Waals surface area (Å²) >= 11 is 0. The Labute approximate surface area is 138 Å². The molecule has 0 amide bonds. The van der Waals surface area contributed by atoms with E-state index in [-0.39, 0.29) is 12.2 Å². The van der Waals surface area contributed by atoms with E-state index < -0.39 is 0 Å². The third kappa shape index (κ3) is 3.47. The van der Waals surface area contributed by atoms with Crippen LogP contribution in [0.25, 0.3) is 0 Å². The highest BCUT2D eigenvalue weighted by molar-refractivity contribution is 5.06. The summed E-state index contributed by atoms with van der Waals surface area (Å²) in [7, 11) is 0. The molecule has 5 nitrogen and oxygen atoms in total. The Morgan fingerprint density at radius 2 is 2.13 bits per heavy atom. The van der Waals surface area contributed by atoms with Crippen molar-refractivity contribution in [3.8, 4) is 0 Å². The standard InChI is InChI=1S/C18H28N2O3/c1-13-9-15(19-23-13)10-20-11-17(18-16(20)7-4-8-21-18)22-12-14-5-2-3-6-14/h9,14,16-18H,2-8,10-12H2,1H3/t16-,17+,18+/m0/s1. The molecule has 3 aliphatic rings. The van der Waals surface area contributed by atoms with E-state index in [0.717, 1.165) is 50.1 Å². The second-order valence-electron chi connectivity index (χ2n) is 7.43. The summed E-state index contributed by atoms with van der Waals surface area (Å²) in [5.41, 5.74) is 1.02. The summed E-state index contributed by atoms with van der Waals surface area (Å²) in [5, 5.41) is 4.15. The molecule has 0 unspecified atom stereocenters. The molecule has 3 heterocycles. The van der Waals surface area contributed by atoms with Crippen LogP contribution in [0.1, 0.15) is 50.0 Å². The molecule has 4 rings (SSSR count). The Morgan fingerprint density at radius 1 is 1.26 bits per heavy atom. The number of aryl methyl sites for hydroxylation is 1. The average molecular weight is 320 g/mol. The largest absolute Gasteiger partial charge is 0.374 e. The minimum atomic E-state index is 0.217. The number of ether oxygens (including phenoxy) is 2. The van der Waals surface area contributed by atoms with E-state index in [4.69, 9.17) is 14.0 Å². The van der Waals surface area contributed by atoms with Crippen LogP contribution < -0.4 is 0 Å². The zero-order valence-corrected chi connectivity index (χ0v) is 14.1. The van der Waals surface area contributed by atoms with Crippen molar-refractivity contribution in [1.82, 2.24) is 10.1 Å². The van der Waals surface area contributed by atoms with Gasteiger partial charge in [0.1, 0.15) is 11.9 Å². The van der Waals surface area contributed by atoms with Crippen molar-refractivity contribution >= 4 is 0 Å². The monoisotopic (exact) mass is 320 g/mol. The lowest BCUT2D eigenvalue weighted by molar-refractivity contribution is -0.0830. The molecular weight excluding hydrogens is 292 g/mol. The summed E-state index contributed by atoms with van der Waals surface area (Å²) in [6.07, 6.45) is 8.22. The van der Waals surface area contributed by atoms with E-state index in [1.165, 1.54) is 32.1 Å². The minimum Gasteiger partial charge on any atom is -0.374 e. The van der Waals surface area contributed by atoms with Crippen molar-refractivity contribution in [1.29, 1.82) is 0 Å². The number of hydrogen-bond acceptors (Lipinski definition) is 5. The molecule has 2 saturated heterocycles. The predicted octanol–water partition coefficient (Wildman–Crippen LogP) is 2.92. The lowest BCUT2D eigenvalue weighted by atomic mass is 10.0. The molecule has 1 aromatic heterocycles. The Bertz CT molecular complexity index is 512. The molecule has 0 spiro atoms. The first-order chi connectivity index (χ1) is 11.3. The Morgan fingerprint density at radius 3 is 2.91 bits per heavy atom. The third-order valence-corrected chi connectivity index (χ3v) is 5.65. The molecule has 5 heteroatoms. The van der Waals surface area contributed by atoms with Crippen LogP contribution >= 0.6 is 0 Å². The van der Waals surface area contributed by atoms with E-state index >= 15 is 0 Å². The van der Waals surface area contributed by atoms with E-state index in [2.05, 4.69) is 10.1 Å². The molecule has 23 heavy (non-hydrogen) atoms. The lowest BCUT2D eigenvalue weighted by Crippen LogP contribution is -2.42. The Kier molecular flexibility index (Phi) is 4.69. The highest BCUT2D eigenvalue weighted by Crippen LogP contribution is 2.33. The van der Waals surface area contributed by atoms with Crippen LogP contribution in [-0.4, -0.2) is 48.1 Å². The fourth-order valence-electron chi connectivity index (χ4n) is 4.47. The SMILES string of the molecule is Cc1cc(CN2C[C@@H](OCC3CCCC3)[C@@H]3OCCC[C@@H]32)no1. The van der Waals surface area contributed by atoms with Gasteiger partial charge in [-0.25, -0.2) is 0 Å². The van der Waals surface area contributed by atoms with Crippen LogP contribution in [0, 0.1) is 12.8 Å². The van der Waals surface area contributed by atoms with E-state index in [9.17, 15) is 0 Å². The van der Waals surface area contributed by atoms with Crippen molar-refractivity contribution in [3.63, 3.8) is 0 Å². The fourth-order valence-corrected chi connectivity index (χ4v) is 4.47. The van der Waals surface area contributed by atoms with E-state index in [1.54, 1.807) is 0 Å². The van der Waals surface area contributed by atoms with Crippen LogP contribution in [0.2, 0.25) is 0 Å². The second kappa shape index (κ2) is 6.91. The molecule has 0 bridgehead atoms. The molecule has 3 atom stereocenters. The number of nitrogens with zero attached hydrogens (tertiary/aromatic N) is 2. The van der Waals surface area contributed by atoms with Gasteiger partial charge in [0.2, 0.25) is 0 Å². The van der Waals surface area contributed by atoms with Crippen LogP contribution in [0.4, 0.5) is 0 Å². The Hall–Kier alpha value is -0.910. The van der Waals surface area contributed by atoms with Crippen LogP contribution in [0.5, 0.6) is 0 Å². The quantitative estimate of drug-likeness (QED) is 0.835. The van der Waals surface area contributed by atoms with Gasteiger partial charge in [-0.15, -0.1) is 0 Å². The average Bonchev–Trinajstić information content (AvgIpc) is 3.28. The summed E-state index contributed by atoms with van der Waals surface area (Å²) < 4.78 is 17.6. The van der Waals surface area contributed by atoms with E-state index in [0.29, 0.717) is 6.04 Å². The smallest absolute Gasteiger partial charge is 0.133 e. The van der Waals surface area contributed by atoms with Crippen LogP contribution in [-0.2, 0) is 16.0 Å². The molecule has 128 valence electrons. The van der Waals surface area contributed by atoms with Gasteiger partial charge in [0.15, 0.2) is 0 Å². The number of rotatable bonds is 5. The van der Waals surface area contributed by atoms with Gasteiger partial charge in [0, 0.05) is 38.4 Å². The van der Waals surface area contributed by atoms with Crippen molar-refractivity contribution in [3.05, 3.63) is 17.5 Å². The molecular formula is C18H28N2O3. The molecule has 1 aromatic rings. The molecule has 0 aromatic carbocycles. The van der Waals surface area contributed by atoms with E-state index in [1.807, 2.05) is 13.0 Å². The molecule has 1 saturated carbocycles.